The second-order valence-corrected chi connectivity index (χ2v) is 19.0. The molecule has 4 aliphatic rings. The molecule has 12 rings (SSSR count). The Balaban J connectivity index is 1.06. The Labute approximate surface area is 363 Å². The smallest absolute Gasteiger partial charge is 0.0543 e. The van der Waals surface area contributed by atoms with Gasteiger partial charge in [-0.15, -0.1) is 11.3 Å². The molecule has 0 amide bonds. The first-order valence-electron chi connectivity index (χ1n) is 21.9. The van der Waals surface area contributed by atoms with Crippen molar-refractivity contribution in [1.29, 1.82) is 0 Å². The molecule has 61 heavy (non-hydrogen) atoms. The van der Waals surface area contributed by atoms with E-state index in [1.54, 1.807) is 5.57 Å². The van der Waals surface area contributed by atoms with Crippen molar-refractivity contribution < 1.29 is 0 Å². The van der Waals surface area contributed by atoms with Gasteiger partial charge in [0.1, 0.15) is 0 Å². The van der Waals surface area contributed by atoms with Crippen LogP contribution in [-0.4, -0.2) is 0 Å². The Morgan fingerprint density at radius 1 is 0.590 bits per heavy atom. The summed E-state index contributed by atoms with van der Waals surface area (Å²) >= 11 is 1.87. The van der Waals surface area contributed by atoms with E-state index in [0.29, 0.717) is 11.8 Å². The summed E-state index contributed by atoms with van der Waals surface area (Å²) in [6, 6.07) is 59.9. The van der Waals surface area contributed by atoms with E-state index in [2.05, 4.69) is 220 Å². The average molecular weight is 802 g/mol. The molecule has 294 valence electrons. The van der Waals surface area contributed by atoms with E-state index in [-0.39, 0.29) is 10.8 Å². The lowest BCUT2D eigenvalue weighted by Gasteiger charge is -2.44. The molecule has 0 aliphatic heterocycles. The number of anilines is 3. The number of thiophene rings is 1. The zero-order chi connectivity index (χ0) is 40.9. The minimum Gasteiger partial charge on any atom is -0.310 e. The highest BCUT2D eigenvalue weighted by Gasteiger charge is 2.52. The highest BCUT2D eigenvalue weighted by atomic mass is 32.1. The molecule has 8 aromatic rings. The number of hydrogen-bond acceptors (Lipinski definition) is 2. The van der Waals surface area contributed by atoms with Gasteiger partial charge in [-0.05, 0) is 123 Å². The number of fused-ring (bicyclic) bond motifs is 8. The summed E-state index contributed by atoms with van der Waals surface area (Å²) in [6.07, 6.45) is 16.4. The van der Waals surface area contributed by atoms with E-state index < -0.39 is 0 Å². The van der Waals surface area contributed by atoms with Gasteiger partial charge in [-0.1, -0.05) is 166 Å². The number of hydrogen-bond donors (Lipinski definition) is 0. The van der Waals surface area contributed by atoms with Crippen molar-refractivity contribution in [3.8, 4) is 22.3 Å². The van der Waals surface area contributed by atoms with E-state index in [1.807, 2.05) is 11.3 Å². The minimum absolute atomic E-state index is 0.111. The number of benzene rings is 7. The van der Waals surface area contributed by atoms with E-state index in [1.165, 1.54) is 87.2 Å². The Bertz CT molecular complexity index is 3190. The number of nitrogens with zero attached hydrogens (tertiary/aromatic N) is 1. The molecule has 0 radical (unpaired) electrons. The summed E-state index contributed by atoms with van der Waals surface area (Å²) in [5.74, 6) is 0.689. The number of allylic oxidation sites excluding steroid dienone is 8. The van der Waals surface area contributed by atoms with Crippen LogP contribution >= 0.6 is 11.3 Å². The lowest BCUT2D eigenvalue weighted by atomic mass is 9.58. The van der Waals surface area contributed by atoms with Gasteiger partial charge >= 0.3 is 0 Å². The lowest BCUT2D eigenvalue weighted by Crippen LogP contribution is -2.40. The molecule has 0 N–H and O–H groups in total. The van der Waals surface area contributed by atoms with Crippen LogP contribution in [0.2, 0.25) is 0 Å². The van der Waals surface area contributed by atoms with Crippen LogP contribution in [0.4, 0.5) is 17.1 Å². The van der Waals surface area contributed by atoms with Crippen molar-refractivity contribution in [2.75, 3.05) is 4.90 Å². The van der Waals surface area contributed by atoms with Crippen molar-refractivity contribution in [1.82, 2.24) is 0 Å². The summed E-state index contributed by atoms with van der Waals surface area (Å²) in [5.41, 5.74) is 18.2. The van der Waals surface area contributed by atoms with Crippen molar-refractivity contribution >= 4 is 54.1 Å². The highest BCUT2D eigenvalue weighted by molar-refractivity contribution is 7.25. The second-order valence-electron chi connectivity index (χ2n) is 18.0. The summed E-state index contributed by atoms with van der Waals surface area (Å²) in [4.78, 5) is 2.54. The van der Waals surface area contributed by atoms with Gasteiger partial charge in [-0.25, -0.2) is 0 Å². The van der Waals surface area contributed by atoms with E-state index in [4.69, 9.17) is 0 Å². The molecule has 3 atom stereocenters. The average Bonchev–Trinajstić information content (AvgIpc) is 3.91. The van der Waals surface area contributed by atoms with E-state index >= 15 is 0 Å². The fourth-order valence-electron chi connectivity index (χ4n) is 11.6. The third kappa shape index (κ3) is 5.31. The van der Waals surface area contributed by atoms with Gasteiger partial charge in [-0.3, -0.25) is 0 Å². The van der Waals surface area contributed by atoms with Crippen molar-refractivity contribution in [3.63, 3.8) is 0 Å². The Morgan fingerprint density at radius 2 is 1.33 bits per heavy atom. The normalized spacial score (nSPS) is 20.5. The summed E-state index contributed by atoms with van der Waals surface area (Å²) in [5, 5.41) is 2.66. The lowest BCUT2D eigenvalue weighted by molar-refractivity contribution is 0.360. The summed E-state index contributed by atoms with van der Waals surface area (Å²) in [6.45, 7) is 7.17. The van der Waals surface area contributed by atoms with Crippen molar-refractivity contribution in [3.05, 3.63) is 228 Å². The zero-order valence-corrected chi connectivity index (χ0v) is 35.7. The van der Waals surface area contributed by atoms with Crippen molar-refractivity contribution in [2.45, 2.75) is 44.4 Å². The second kappa shape index (κ2) is 13.8. The number of rotatable bonds is 6. The first-order valence-corrected chi connectivity index (χ1v) is 22.8. The molecule has 1 nitrogen and oxygen atoms in total. The molecule has 0 spiro atoms. The van der Waals surface area contributed by atoms with E-state index in [0.717, 1.165) is 18.5 Å². The van der Waals surface area contributed by atoms with Gasteiger partial charge in [0.05, 0.1) is 5.69 Å². The van der Waals surface area contributed by atoms with E-state index in [9.17, 15) is 0 Å². The predicted octanol–water partition coefficient (Wildman–Crippen LogP) is 16.3. The molecule has 2 unspecified atom stereocenters. The maximum absolute atomic E-state index is 2.54. The third-order valence-electron chi connectivity index (χ3n) is 14.4. The molecule has 2 heteroatoms. The topological polar surface area (TPSA) is 3.24 Å². The maximum Gasteiger partial charge on any atom is 0.0543 e. The van der Waals surface area contributed by atoms with Crippen molar-refractivity contribution in [2.24, 2.45) is 11.8 Å². The molecule has 0 fully saturated rings. The Hall–Kier alpha value is -6.48. The fourth-order valence-corrected chi connectivity index (χ4v) is 12.7. The Kier molecular flexibility index (Phi) is 8.22. The minimum atomic E-state index is -0.256. The first-order chi connectivity index (χ1) is 29.9. The van der Waals surface area contributed by atoms with Crippen LogP contribution in [0.1, 0.15) is 61.4 Å². The molecule has 0 saturated carbocycles. The molecule has 4 aliphatic carbocycles. The van der Waals surface area contributed by atoms with Gasteiger partial charge in [0.2, 0.25) is 0 Å². The van der Waals surface area contributed by atoms with Crippen LogP contribution in [-0.2, 0) is 10.8 Å². The summed E-state index contributed by atoms with van der Waals surface area (Å²) in [7, 11) is 0. The molecule has 7 aromatic carbocycles. The van der Waals surface area contributed by atoms with Gasteiger partial charge in [0.25, 0.3) is 0 Å². The van der Waals surface area contributed by atoms with Crippen LogP contribution < -0.4 is 4.90 Å². The van der Waals surface area contributed by atoms with Gasteiger partial charge in [-0.2, -0.15) is 0 Å². The Morgan fingerprint density at radius 3 is 2.20 bits per heavy atom. The highest BCUT2D eigenvalue weighted by Crippen LogP contribution is 2.61. The molecule has 1 aromatic heterocycles. The van der Waals surface area contributed by atoms with Gasteiger partial charge in [0.15, 0.2) is 0 Å². The SMILES string of the molecule is CC1C=CC=C[C@@H]1C1(c2ccccc2)C2=C(C=CCC2)c2cc(N(c3ccc(-c4ccc5sc6ccccc6c5c4)cc3)c3cccc4c3-c3ccccc3C4(C)C)ccc21. The molecule has 0 saturated heterocycles. The molecule has 1 heterocycles. The largest absolute Gasteiger partial charge is 0.310 e. The fraction of sp³-hybridized carbons (Fsp3) is 0.153. The van der Waals surface area contributed by atoms with Crippen LogP contribution in [0.25, 0.3) is 48.0 Å². The third-order valence-corrected chi connectivity index (χ3v) is 15.6. The maximum atomic E-state index is 2.54. The van der Waals surface area contributed by atoms with Crippen LogP contribution in [0.15, 0.2) is 200 Å². The molecular formula is C59H47NS. The molecular weight excluding hydrogens is 755 g/mol. The summed E-state index contributed by atoms with van der Waals surface area (Å²) < 4.78 is 2.67. The molecule has 0 bridgehead atoms. The zero-order valence-electron chi connectivity index (χ0n) is 34.9. The van der Waals surface area contributed by atoms with Crippen LogP contribution in [0.3, 0.4) is 0 Å². The first kappa shape index (κ1) is 36.4. The standard InChI is InChI=1S/C59H47NS/c1-38-16-7-11-22-49(38)59(41-17-5-4-6-18-41)51-24-13-8-19-44(51)47-37-43(33-34-52(47)59)60(54-26-15-25-53-57(54)46-21-9-12-23-50(46)58(53,2)3)42-31-28-39(29-32-42)40-30-35-56-48(36-40)45-20-10-14-27-55(45)61-56/h4-12,14-23,25-38,49H,13,24H2,1-3H3/t38?,49-,59?/m0/s1. The quantitative estimate of drug-likeness (QED) is 0.162. The van der Waals surface area contributed by atoms with Gasteiger partial charge < -0.3 is 4.90 Å². The predicted molar refractivity (Wildman–Crippen MR) is 260 cm³/mol. The van der Waals surface area contributed by atoms with Crippen LogP contribution in [0, 0.1) is 11.8 Å². The monoisotopic (exact) mass is 801 g/mol. The van der Waals surface area contributed by atoms with Crippen LogP contribution in [0.5, 0.6) is 0 Å². The van der Waals surface area contributed by atoms with Gasteiger partial charge in [0, 0.05) is 53.9 Å².